The molecule has 0 aromatic rings. The van der Waals surface area contributed by atoms with Gasteiger partial charge in [0.2, 0.25) is 5.91 Å². The largest absolute Gasteiger partial charge is 0.481 e. The van der Waals surface area contributed by atoms with Crippen molar-refractivity contribution in [3.8, 4) is 0 Å². The maximum absolute atomic E-state index is 11.9. The number of carbonyl (C=O) groups excluding carboxylic acids is 1. The third-order valence-electron chi connectivity index (χ3n) is 2.88. The van der Waals surface area contributed by atoms with Crippen molar-refractivity contribution in [3.05, 3.63) is 0 Å². The van der Waals surface area contributed by atoms with E-state index in [-0.39, 0.29) is 30.8 Å². The lowest BCUT2D eigenvalue weighted by atomic mass is 10.0. The molecule has 0 spiro atoms. The van der Waals surface area contributed by atoms with Crippen molar-refractivity contribution in [1.29, 1.82) is 0 Å². The molecule has 15 heavy (non-hydrogen) atoms. The van der Waals surface area contributed by atoms with Gasteiger partial charge < -0.3 is 15.3 Å². The molecule has 2 N–H and O–H groups in total. The van der Waals surface area contributed by atoms with E-state index in [0.717, 1.165) is 13.0 Å². The van der Waals surface area contributed by atoms with Crippen molar-refractivity contribution < 1.29 is 14.7 Å². The van der Waals surface area contributed by atoms with Gasteiger partial charge in [0.1, 0.15) is 0 Å². The smallest absolute Gasteiger partial charge is 0.305 e. The Morgan fingerprint density at radius 1 is 1.53 bits per heavy atom. The molecule has 1 aliphatic heterocycles. The molecular formula is C10H18N2O3. The average Bonchev–Trinajstić information content (AvgIpc) is 2.59. The van der Waals surface area contributed by atoms with Gasteiger partial charge in [-0.05, 0) is 19.9 Å². The Balaban J connectivity index is 2.41. The molecule has 0 aromatic carbocycles. The molecular weight excluding hydrogens is 196 g/mol. The number of nitrogens with zero attached hydrogens (tertiary/aromatic N) is 1. The molecule has 1 heterocycles. The van der Waals surface area contributed by atoms with Crippen LogP contribution >= 0.6 is 0 Å². The number of aliphatic carboxylic acids is 1. The minimum absolute atomic E-state index is 0.00351. The van der Waals surface area contributed by atoms with Gasteiger partial charge in [0.15, 0.2) is 0 Å². The summed E-state index contributed by atoms with van der Waals surface area (Å²) >= 11 is 0. The fraction of sp³-hybridized carbons (Fsp3) is 0.800. The van der Waals surface area contributed by atoms with E-state index in [2.05, 4.69) is 5.32 Å². The number of carbonyl (C=O) groups is 2. The molecule has 5 heteroatoms. The molecule has 1 rings (SSSR count). The molecule has 1 saturated heterocycles. The number of carboxylic acid groups (broad SMARTS) is 1. The highest BCUT2D eigenvalue weighted by Gasteiger charge is 2.31. The summed E-state index contributed by atoms with van der Waals surface area (Å²) in [5.41, 5.74) is 0. The average molecular weight is 214 g/mol. The summed E-state index contributed by atoms with van der Waals surface area (Å²) in [6.07, 6.45) is 0.855. The lowest BCUT2D eigenvalue weighted by Crippen LogP contribution is -2.38. The zero-order valence-corrected chi connectivity index (χ0v) is 9.19. The van der Waals surface area contributed by atoms with Crippen molar-refractivity contribution >= 4 is 11.9 Å². The van der Waals surface area contributed by atoms with Gasteiger partial charge in [-0.2, -0.15) is 0 Å². The van der Waals surface area contributed by atoms with Gasteiger partial charge in [0.05, 0.1) is 12.3 Å². The molecule has 2 atom stereocenters. The van der Waals surface area contributed by atoms with Crippen LogP contribution in [0.3, 0.4) is 0 Å². The van der Waals surface area contributed by atoms with E-state index in [1.165, 1.54) is 4.90 Å². The molecule has 86 valence electrons. The quantitative estimate of drug-likeness (QED) is 0.686. The molecule has 1 fully saturated rings. The molecule has 0 saturated carbocycles. The first-order valence-corrected chi connectivity index (χ1v) is 5.22. The predicted octanol–water partition coefficient (Wildman–Crippen LogP) is -0.0825. The summed E-state index contributed by atoms with van der Waals surface area (Å²) in [5, 5.41) is 11.7. The number of nitrogens with one attached hydrogen (secondary N) is 1. The molecule has 1 aliphatic rings. The third-order valence-corrected chi connectivity index (χ3v) is 2.88. The summed E-state index contributed by atoms with van der Waals surface area (Å²) in [4.78, 5) is 23.7. The van der Waals surface area contributed by atoms with Crippen molar-refractivity contribution in [1.82, 2.24) is 10.2 Å². The predicted molar refractivity (Wildman–Crippen MR) is 55.5 cm³/mol. The SMILES string of the molecule is CC1NCCC1C(=O)N(C)CCC(=O)O. The summed E-state index contributed by atoms with van der Waals surface area (Å²) in [5.74, 6) is -0.815. The fourth-order valence-electron chi connectivity index (χ4n) is 1.85. The zero-order valence-electron chi connectivity index (χ0n) is 9.19. The van der Waals surface area contributed by atoms with Crippen LogP contribution in [0.5, 0.6) is 0 Å². The van der Waals surface area contributed by atoms with Crippen molar-refractivity contribution in [2.24, 2.45) is 5.92 Å². The van der Waals surface area contributed by atoms with Gasteiger partial charge in [0, 0.05) is 19.6 Å². The van der Waals surface area contributed by atoms with Gasteiger partial charge in [-0.1, -0.05) is 0 Å². The maximum atomic E-state index is 11.9. The minimum atomic E-state index is -0.868. The zero-order chi connectivity index (χ0) is 11.4. The lowest BCUT2D eigenvalue weighted by molar-refractivity contribution is -0.139. The fourth-order valence-corrected chi connectivity index (χ4v) is 1.85. The summed E-state index contributed by atoms with van der Waals surface area (Å²) in [6.45, 7) is 3.14. The normalized spacial score (nSPS) is 25.2. The monoisotopic (exact) mass is 214 g/mol. The molecule has 0 radical (unpaired) electrons. The number of carboxylic acids is 1. The second kappa shape index (κ2) is 5.11. The molecule has 0 aliphatic carbocycles. The van der Waals surface area contributed by atoms with Crippen molar-refractivity contribution in [2.45, 2.75) is 25.8 Å². The van der Waals surface area contributed by atoms with Gasteiger partial charge in [0.25, 0.3) is 0 Å². The van der Waals surface area contributed by atoms with E-state index in [0.29, 0.717) is 0 Å². The first-order valence-electron chi connectivity index (χ1n) is 5.22. The van der Waals surface area contributed by atoms with Crippen LogP contribution in [0.4, 0.5) is 0 Å². The minimum Gasteiger partial charge on any atom is -0.481 e. The van der Waals surface area contributed by atoms with Crippen LogP contribution in [0.1, 0.15) is 19.8 Å². The van der Waals surface area contributed by atoms with E-state index < -0.39 is 5.97 Å². The number of amides is 1. The van der Waals surface area contributed by atoms with Gasteiger partial charge in [-0.3, -0.25) is 9.59 Å². The van der Waals surface area contributed by atoms with Crippen molar-refractivity contribution in [2.75, 3.05) is 20.1 Å². The van der Waals surface area contributed by atoms with Crippen LogP contribution in [-0.2, 0) is 9.59 Å². The van der Waals surface area contributed by atoms with E-state index in [1.807, 2.05) is 6.92 Å². The number of hydrogen-bond acceptors (Lipinski definition) is 3. The van der Waals surface area contributed by atoms with E-state index in [4.69, 9.17) is 5.11 Å². The maximum Gasteiger partial charge on any atom is 0.305 e. The van der Waals surface area contributed by atoms with Crippen LogP contribution in [-0.4, -0.2) is 48.1 Å². The number of rotatable bonds is 4. The van der Waals surface area contributed by atoms with Crippen LogP contribution in [0.25, 0.3) is 0 Å². The number of hydrogen-bond donors (Lipinski definition) is 2. The van der Waals surface area contributed by atoms with Crippen LogP contribution < -0.4 is 5.32 Å². The van der Waals surface area contributed by atoms with E-state index in [1.54, 1.807) is 7.05 Å². The second-order valence-electron chi connectivity index (χ2n) is 4.04. The van der Waals surface area contributed by atoms with Gasteiger partial charge >= 0.3 is 5.97 Å². The van der Waals surface area contributed by atoms with E-state index in [9.17, 15) is 9.59 Å². The Morgan fingerprint density at radius 3 is 2.67 bits per heavy atom. The Bertz CT molecular complexity index is 255. The molecule has 1 amide bonds. The molecule has 0 bridgehead atoms. The molecule has 5 nitrogen and oxygen atoms in total. The van der Waals surface area contributed by atoms with Crippen LogP contribution in [0.15, 0.2) is 0 Å². The van der Waals surface area contributed by atoms with Crippen LogP contribution in [0.2, 0.25) is 0 Å². The second-order valence-corrected chi connectivity index (χ2v) is 4.04. The lowest BCUT2D eigenvalue weighted by Gasteiger charge is -2.22. The first kappa shape index (κ1) is 12.0. The van der Waals surface area contributed by atoms with Crippen LogP contribution in [0, 0.1) is 5.92 Å². The molecule has 0 aromatic heterocycles. The first-order chi connectivity index (χ1) is 7.02. The Kier molecular flexibility index (Phi) is 4.08. The Morgan fingerprint density at radius 2 is 2.20 bits per heavy atom. The third kappa shape index (κ3) is 3.20. The van der Waals surface area contributed by atoms with Gasteiger partial charge in [-0.15, -0.1) is 0 Å². The highest BCUT2D eigenvalue weighted by molar-refractivity contribution is 5.80. The Hall–Kier alpha value is -1.10. The molecule has 2 unspecified atom stereocenters. The summed E-state index contributed by atoms with van der Waals surface area (Å²) in [7, 11) is 1.66. The van der Waals surface area contributed by atoms with E-state index >= 15 is 0 Å². The standard InChI is InChI=1S/C10H18N2O3/c1-7-8(3-5-11-7)10(15)12(2)6-4-9(13)14/h7-8,11H,3-6H2,1-2H3,(H,13,14). The summed E-state index contributed by atoms with van der Waals surface area (Å²) in [6, 6.07) is 0.199. The summed E-state index contributed by atoms with van der Waals surface area (Å²) < 4.78 is 0. The van der Waals surface area contributed by atoms with Crippen molar-refractivity contribution in [3.63, 3.8) is 0 Å². The topological polar surface area (TPSA) is 69.6 Å². The van der Waals surface area contributed by atoms with Gasteiger partial charge in [-0.25, -0.2) is 0 Å². The highest BCUT2D eigenvalue weighted by Crippen LogP contribution is 2.17. The highest BCUT2D eigenvalue weighted by atomic mass is 16.4. The Labute approximate surface area is 89.4 Å².